The Morgan fingerprint density at radius 3 is 1.91 bits per heavy atom. The lowest BCUT2D eigenvalue weighted by Gasteiger charge is -2.34. The maximum atomic E-state index is 12.9. The van der Waals surface area contributed by atoms with E-state index in [1.54, 1.807) is 0 Å². The fraction of sp³-hybridized carbons (Fsp3) is 0.778. The number of carbonyl (C=O) groups excluding carboxylic acids is 4. The molecule has 8 heteroatoms. The number of esters is 1. The summed E-state index contributed by atoms with van der Waals surface area (Å²) in [4.78, 5) is 50.5. The molecule has 0 radical (unpaired) electrons. The molecule has 202 valence electrons. The van der Waals surface area contributed by atoms with Gasteiger partial charge >= 0.3 is 5.97 Å². The molecular formula is C27H46O8. The van der Waals surface area contributed by atoms with E-state index in [1.165, 1.54) is 19.8 Å². The van der Waals surface area contributed by atoms with Gasteiger partial charge in [-0.25, -0.2) is 0 Å². The number of ether oxygens (including phenoxy) is 1. The van der Waals surface area contributed by atoms with Crippen LogP contribution in [0.25, 0.3) is 0 Å². The van der Waals surface area contributed by atoms with E-state index in [0.29, 0.717) is 12.8 Å². The van der Waals surface area contributed by atoms with Crippen LogP contribution in [0.2, 0.25) is 0 Å². The topological polar surface area (TPSA) is 138 Å². The van der Waals surface area contributed by atoms with Gasteiger partial charge < -0.3 is 20.1 Å². The van der Waals surface area contributed by atoms with Crippen LogP contribution >= 0.6 is 0 Å². The highest BCUT2D eigenvalue weighted by Crippen LogP contribution is 2.37. The van der Waals surface area contributed by atoms with Gasteiger partial charge in [0.2, 0.25) is 0 Å². The average molecular weight is 499 g/mol. The lowest BCUT2D eigenvalue weighted by molar-refractivity contribution is -0.176. The molecule has 0 aromatic heterocycles. The molecule has 0 saturated carbocycles. The summed E-state index contributed by atoms with van der Waals surface area (Å²) in [6, 6.07) is 0. The van der Waals surface area contributed by atoms with Gasteiger partial charge in [0.1, 0.15) is 11.9 Å². The third-order valence-corrected chi connectivity index (χ3v) is 6.46. The van der Waals surface area contributed by atoms with Crippen molar-refractivity contribution < 1.29 is 39.2 Å². The number of ketones is 3. The summed E-state index contributed by atoms with van der Waals surface area (Å²) >= 11 is 0. The fourth-order valence-electron chi connectivity index (χ4n) is 4.35. The average Bonchev–Trinajstić information content (AvgIpc) is 2.80. The Kier molecular flexibility index (Phi) is 17.4. The molecule has 8 nitrogen and oxygen atoms in total. The van der Waals surface area contributed by atoms with E-state index in [1.807, 2.05) is 12.2 Å². The number of hydrogen-bond acceptors (Lipinski definition) is 8. The van der Waals surface area contributed by atoms with E-state index in [9.17, 15) is 34.5 Å². The van der Waals surface area contributed by atoms with E-state index in [2.05, 4.69) is 6.92 Å². The molecule has 2 atom stereocenters. The smallest absolute Gasteiger partial charge is 0.328 e. The van der Waals surface area contributed by atoms with Gasteiger partial charge in [-0.1, -0.05) is 57.6 Å². The van der Waals surface area contributed by atoms with Crippen LogP contribution in [-0.4, -0.2) is 64.1 Å². The van der Waals surface area contributed by atoms with Crippen LogP contribution in [0.5, 0.6) is 0 Å². The molecule has 0 aromatic rings. The number of unbranched alkanes of at least 4 members (excludes halogenated alkanes) is 6. The van der Waals surface area contributed by atoms with Crippen molar-refractivity contribution in [1.29, 1.82) is 0 Å². The minimum atomic E-state index is -2.29. The van der Waals surface area contributed by atoms with Crippen molar-refractivity contribution in [2.24, 2.45) is 11.3 Å². The lowest BCUT2D eigenvalue weighted by Crippen LogP contribution is -2.54. The second-order valence-electron chi connectivity index (χ2n) is 9.32. The van der Waals surface area contributed by atoms with Crippen molar-refractivity contribution >= 4 is 23.3 Å². The maximum absolute atomic E-state index is 12.9. The van der Waals surface area contributed by atoms with Gasteiger partial charge in [0.25, 0.3) is 0 Å². The van der Waals surface area contributed by atoms with Crippen molar-refractivity contribution in [3.05, 3.63) is 12.2 Å². The van der Waals surface area contributed by atoms with Gasteiger partial charge in [-0.3, -0.25) is 19.2 Å². The van der Waals surface area contributed by atoms with Gasteiger partial charge in [0.15, 0.2) is 17.0 Å². The first-order chi connectivity index (χ1) is 16.6. The second kappa shape index (κ2) is 18.4. The fourth-order valence-corrected chi connectivity index (χ4v) is 4.35. The van der Waals surface area contributed by atoms with Crippen molar-refractivity contribution in [2.45, 2.75) is 111 Å². The summed E-state index contributed by atoms with van der Waals surface area (Å²) in [5, 5.41) is 28.4. The van der Waals surface area contributed by atoms with Crippen LogP contribution in [0.4, 0.5) is 0 Å². The summed E-state index contributed by atoms with van der Waals surface area (Å²) in [6.07, 6.45) is 11.4. The monoisotopic (exact) mass is 498 g/mol. The predicted octanol–water partition coefficient (Wildman–Crippen LogP) is 3.48. The molecular weight excluding hydrogens is 452 g/mol. The number of Topliss-reactive ketones (excluding diaryl/α,β-unsaturated/α-hetero) is 3. The molecule has 0 spiro atoms. The van der Waals surface area contributed by atoms with Crippen LogP contribution in [0.3, 0.4) is 0 Å². The highest BCUT2D eigenvalue weighted by molar-refractivity contribution is 6.23. The molecule has 0 bridgehead atoms. The Morgan fingerprint density at radius 1 is 0.829 bits per heavy atom. The van der Waals surface area contributed by atoms with Crippen molar-refractivity contribution in [3.63, 3.8) is 0 Å². The van der Waals surface area contributed by atoms with Gasteiger partial charge in [-0.2, -0.15) is 0 Å². The molecule has 0 aliphatic carbocycles. The van der Waals surface area contributed by atoms with Crippen molar-refractivity contribution in [2.75, 3.05) is 13.2 Å². The first-order valence-electron chi connectivity index (χ1n) is 12.9. The van der Waals surface area contributed by atoms with Crippen molar-refractivity contribution in [1.82, 2.24) is 0 Å². The maximum Gasteiger partial charge on any atom is 0.328 e. The van der Waals surface area contributed by atoms with Gasteiger partial charge in [0, 0.05) is 5.92 Å². The highest BCUT2D eigenvalue weighted by Gasteiger charge is 2.57. The molecule has 0 aliphatic rings. The molecule has 0 rings (SSSR count). The Hall–Kier alpha value is -1.90. The van der Waals surface area contributed by atoms with E-state index in [4.69, 9.17) is 4.74 Å². The van der Waals surface area contributed by atoms with E-state index < -0.39 is 54.0 Å². The number of hydrogen-bond donors (Lipinski definition) is 3. The lowest BCUT2D eigenvalue weighted by atomic mass is 9.66. The third kappa shape index (κ3) is 11.1. The Balaban J connectivity index is 4.92. The summed E-state index contributed by atoms with van der Waals surface area (Å²) in [7, 11) is 0. The summed E-state index contributed by atoms with van der Waals surface area (Å²) in [5.41, 5.74) is -2.29. The third-order valence-electron chi connectivity index (χ3n) is 6.46. The van der Waals surface area contributed by atoms with Crippen LogP contribution in [0, 0.1) is 11.3 Å². The largest absolute Gasteiger partial charge is 0.456 e. The number of carbonyl (C=O) groups is 4. The quantitative estimate of drug-likeness (QED) is 0.0946. The molecule has 0 aromatic carbocycles. The molecule has 0 saturated heterocycles. The zero-order valence-corrected chi connectivity index (χ0v) is 22.0. The zero-order chi connectivity index (χ0) is 26.9. The summed E-state index contributed by atoms with van der Waals surface area (Å²) < 4.78 is 5.03. The van der Waals surface area contributed by atoms with Crippen LogP contribution in [0.15, 0.2) is 12.2 Å². The summed E-state index contributed by atoms with van der Waals surface area (Å²) in [5.74, 6) is -4.44. The number of aliphatic hydroxyl groups excluding tert-OH is 3. The highest BCUT2D eigenvalue weighted by atomic mass is 16.6. The normalized spacial score (nSPS) is 13.7. The molecule has 0 fully saturated rings. The molecule has 0 aliphatic heterocycles. The minimum Gasteiger partial charge on any atom is -0.456 e. The van der Waals surface area contributed by atoms with Gasteiger partial charge in [-0.05, 0) is 52.9 Å². The predicted molar refractivity (Wildman–Crippen MR) is 134 cm³/mol. The molecule has 3 N–H and O–H groups in total. The van der Waals surface area contributed by atoms with Crippen molar-refractivity contribution in [3.8, 4) is 0 Å². The Labute approximate surface area is 210 Å². The first-order valence-corrected chi connectivity index (χ1v) is 12.9. The standard InChI is InChI=1S/C27H46O8/c1-5-6-7-12-15-23(33)16-13-10-8-9-11-14-17-25(20(2)30)27(21(3)31,22(4)32)26(34)35-24(18-28)19-29/h10,13,23-25,28-29,33H,5-9,11-12,14-19H2,1-4H3/b13-10-/t23-,25?/m1/s1. The number of rotatable bonds is 21. The zero-order valence-electron chi connectivity index (χ0n) is 22.0. The second-order valence-corrected chi connectivity index (χ2v) is 9.32. The SMILES string of the molecule is CCCCCC[C@@H](O)C/C=C\CCCCCC(C(C)=O)C(C(C)=O)(C(C)=O)C(=O)OC(CO)CO. The van der Waals surface area contributed by atoms with E-state index in [0.717, 1.165) is 52.4 Å². The molecule has 1 unspecified atom stereocenters. The van der Waals surface area contributed by atoms with Crippen LogP contribution < -0.4 is 0 Å². The number of aliphatic hydroxyl groups is 3. The van der Waals surface area contributed by atoms with E-state index >= 15 is 0 Å². The number of allylic oxidation sites excluding steroid dienone is 1. The van der Waals surface area contributed by atoms with E-state index in [-0.39, 0.29) is 12.5 Å². The van der Waals surface area contributed by atoms with Gasteiger partial charge in [0.05, 0.1) is 19.3 Å². The van der Waals surface area contributed by atoms with Gasteiger partial charge in [-0.15, -0.1) is 0 Å². The van der Waals surface area contributed by atoms with Crippen LogP contribution in [-0.2, 0) is 23.9 Å². The Morgan fingerprint density at radius 2 is 1.40 bits per heavy atom. The minimum absolute atomic E-state index is 0.159. The molecule has 35 heavy (non-hydrogen) atoms. The Bertz CT molecular complexity index is 667. The molecule has 0 heterocycles. The van der Waals surface area contributed by atoms with Crippen LogP contribution in [0.1, 0.15) is 98.3 Å². The summed E-state index contributed by atoms with van der Waals surface area (Å²) in [6.45, 7) is 4.20. The molecule has 0 amide bonds. The first kappa shape index (κ1) is 33.1.